The minimum Gasteiger partial charge on any atom is -0.566 e. The van der Waals surface area contributed by atoms with E-state index in [-0.39, 0.29) is 6.61 Å². The molecule has 0 aromatic carbocycles. The van der Waals surface area contributed by atoms with Gasteiger partial charge < -0.3 is 4.89 Å². The smallest absolute Gasteiger partial charge is 0.488 e. The lowest BCUT2D eigenvalue weighted by Gasteiger charge is -1.99. The molecule has 2 aromatic rings. The van der Waals surface area contributed by atoms with Crippen molar-refractivity contribution >= 4 is 19.3 Å². The fourth-order valence-corrected chi connectivity index (χ4v) is 1.83. The molecule has 8 heteroatoms. The summed E-state index contributed by atoms with van der Waals surface area (Å²) in [5, 5.41) is 8.27. The molecule has 0 bridgehead atoms. The summed E-state index contributed by atoms with van der Waals surface area (Å²) >= 11 is 0. The Kier molecular flexibility index (Phi) is 2.91. The quantitative estimate of drug-likeness (QED) is 0.525. The minimum absolute atomic E-state index is 0.00883. The first kappa shape index (κ1) is 11.1. The monoisotopic (exact) mass is 241 g/mol. The predicted octanol–water partition coefficient (Wildman–Crippen LogP) is -0.673. The number of aryl methyl sites for hydroxylation is 2. The van der Waals surface area contributed by atoms with Gasteiger partial charge in [0, 0.05) is 12.1 Å². The molecule has 0 amide bonds. The highest BCUT2D eigenvalue weighted by atomic mass is 31.1. The number of fused-ring (bicyclic) bond motifs is 1. The molecule has 0 aliphatic rings. The van der Waals surface area contributed by atoms with Crippen molar-refractivity contribution in [3.63, 3.8) is 0 Å². The number of hydrogen-bond donors (Lipinski definition) is 0. The van der Waals surface area contributed by atoms with Crippen molar-refractivity contribution in [3.8, 4) is 0 Å². The lowest BCUT2D eigenvalue weighted by molar-refractivity contribution is -0.728. The molecule has 0 spiro atoms. The third-order valence-corrected chi connectivity index (χ3v) is 2.50. The van der Waals surface area contributed by atoms with Gasteiger partial charge in [0.2, 0.25) is 6.20 Å². The van der Waals surface area contributed by atoms with E-state index >= 15 is 0 Å². The van der Waals surface area contributed by atoms with Crippen molar-refractivity contribution < 1.29 is 18.7 Å². The second-order valence-electron chi connectivity index (χ2n) is 3.33. The first-order valence-electron chi connectivity index (χ1n) is 4.53. The van der Waals surface area contributed by atoms with Crippen molar-refractivity contribution in [1.29, 1.82) is 0 Å². The Balaban J connectivity index is 2.48. The Hall–Kier alpha value is -1.43. The van der Waals surface area contributed by atoms with Crippen LogP contribution in [0.5, 0.6) is 0 Å². The van der Waals surface area contributed by atoms with Crippen LogP contribution in [0.1, 0.15) is 5.56 Å². The van der Waals surface area contributed by atoms with E-state index in [9.17, 15) is 9.46 Å². The van der Waals surface area contributed by atoms with Crippen molar-refractivity contribution in [2.75, 3.05) is 0 Å². The van der Waals surface area contributed by atoms with Crippen molar-refractivity contribution in [2.45, 2.75) is 6.61 Å². The zero-order chi connectivity index (χ0) is 11.7. The molecule has 0 saturated carbocycles. The molecule has 2 aromatic heterocycles. The average molecular weight is 241 g/mol. The molecule has 1 atom stereocenters. The summed E-state index contributed by atoms with van der Waals surface area (Å²) in [6.07, 6.45) is 3.33. The van der Waals surface area contributed by atoms with Gasteiger partial charge in [-0.25, -0.2) is 0 Å². The zero-order valence-electron chi connectivity index (χ0n) is 8.82. The Labute approximate surface area is 92.2 Å². The van der Waals surface area contributed by atoms with Crippen LogP contribution in [0.4, 0.5) is 0 Å². The van der Waals surface area contributed by atoms with E-state index in [2.05, 4.69) is 14.7 Å². The lowest BCUT2D eigenvalue weighted by Crippen LogP contribution is -2.33. The molecule has 1 unspecified atom stereocenters. The maximum Gasteiger partial charge on any atom is 0.488 e. The van der Waals surface area contributed by atoms with Gasteiger partial charge in [0.05, 0.1) is 11.8 Å². The average Bonchev–Trinajstić information content (AvgIpc) is 2.56. The van der Waals surface area contributed by atoms with Crippen LogP contribution in [0.2, 0.25) is 0 Å². The molecule has 7 nitrogen and oxygen atoms in total. The molecule has 2 rings (SSSR count). The SMILES string of the molecule is Cn1ncc2n[n+](C)cc(CO[P+](=O)[O-])c21. The van der Waals surface area contributed by atoms with Gasteiger partial charge in [0.1, 0.15) is 12.1 Å². The van der Waals surface area contributed by atoms with Gasteiger partial charge in [-0.3, -0.25) is 4.68 Å². The summed E-state index contributed by atoms with van der Waals surface area (Å²) < 4.78 is 18.2. The fourth-order valence-electron chi connectivity index (χ4n) is 1.58. The van der Waals surface area contributed by atoms with Crippen molar-refractivity contribution in [1.82, 2.24) is 14.9 Å². The Morgan fingerprint density at radius 3 is 3.12 bits per heavy atom. The zero-order valence-corrected chi connectivity index (χ0v) is 9.72. The van der Waals surface area contributed by atoms with E-state index in [1.807, 2.05) is 0 Å². The van der Waals surface area contributed by atoms with Crippen molar-refractivity contribution in [2.24, 2.45) is 14.1 Å². The van der Waals surface area contributed by atoms with Crippen LogP contribution in [0.15, 0.2) is 12.4 Å². The van der Waals surface area contributed by atoms with Gasteiger partial charge in [0.15, 0.2) is 12.6 Å². The van der Waals surface area contributed by atoms with E-state index in [1.165, 1.54) is 0 Å². The second-order valence-corrected chi connectivity index (χ2v) is 4.03. The molecule has 0 radical (unpaired) electrons. The van der Waals surface area contributed by atoms with Gasteiger partial charge in [-0.05, 0) is 4.57 Å². The molecule has 0 N–H and O–H groups in total. The fraction of sp³-hybridized carbons (Fsp3) is 0.375. The van der Waals surface area contributed by atoms with Gasteiger partial charge in [0.25, 0.3) is 0 Å². The van der Waals surface area contributed by atoms with Crippen LogP contribution in [0.3, 0.4) is 0 Å². The number of aromatic nitrogens is 4. The minimum atomic E-state index is -2.84. The standard InChI is InChI=1S/C8H10N4O3P/c1-11-4-6(5-15-16(13)14)8-7(10-11)3-9-12(8)2/h3-4H,5H2,1-2H3/q+1. The highest BCUT2D eigenvalue weighted by molar-refractivity contribution is 7.30. The third kappa shape index (κ3) is 2.06. The van der Waals surface area contributed by atoms with Crippen LogP contribution in [-0.2, 0) is 29.8 Å². The topological polar surface area (TPSA) is 84.0 Å². The molecule has 0 aliphatic heterocycles. The normalized spacial score (nSPS) is 12.1. The molecule has 0 saturated heterocycles. The molecule has 2 heterocycles. The largest absolute Gasteiger partial charge is 0.566 e. The predicted molar refractivity (Wildman–Crippen MR) is 52.1 cm³/mol. The third-order valence-electron chi connectivity index (χ3n) is 2.16. The van der Waals surface area contributed by atoms with Crippen LogP contribution < -0.4 is 9.58 Å². The van der Waals surface area contributed by atoms with Crippen molar-refractivity contribution in [3.05, 3.63) is 18.0 Å². The molecule has 16 heavy (non-hydrogen) atoms. The molecule has 0 aliphatic carbocycles. The van der Waals surface area contributed by atoms with E-state index in [4.69, 9.17) is 0 Å². The summed E-state index contributed by atoms with van der Waals surface area (Å²) in [4.78, 5) is 10.4. The van der Waals surface area contributed by atoms with Gasteiger partial charge in [-0.1, -0.05) is 4.68 Å². The van der Waals surface area contributed by atoms with E-state index in [0.29, 0.717) is 5.52 Å². The molecule has 0 fully saturated rings. The van der Waals surface area contributed by atoms with E-state index in [0.717, 1.165) is 11.1 Å². The Bertz CT molecular complexity index is 553. The summed E-state index contributed by atoms with van der Waals surface area (Å²) in [6, 6.07) is 0. The van der Waals surface area contributed by atoms with Crippen LogP contribution in [0, 0.1) is 0 Å². The van der Waals surface area contributed by atoms with Gasteiger partial charge >= 0.3 is 8.25 Å². The maximum absolute atomic E-state index is 10.4. The van der Waals surface area contributed by atoms with Crippen LogP contribution in [-0.4, -0.2) is 14.9 Å². The highest BCUT2D eigenvalue weighted by Crippen LogP contribution is 2.18. The summed E-state index contributed by atoms with van der Waals surface area (Å²) in [5.41, 5.74) is 2.20. The highest BCUT2D eigenvalue weighted by Gasteiger charge is 2.16. The number of hydrogen-bond acceptors (Lipinski definition) is 5. The number of rotatable bonds is 3. The first-order valence-corrected chi connectivity index (χ1v) is 5.62. The summed E-state index contributed by atoms with van der Waals surface area (Å²) in [7, 11) is 0.682. The summed E-state index contributed by atoms with van der Waals surface area (Å²) in [6.45, 7) is -0.00883. The number of nitrogens with zero attached hydrogens (tertiary/aromatic N) is 4. The van der Waals surface area contributed by atoms with Crippen LogP contribution in [0.25, 0.3) is 11.0 Å². The van der Waals surface area contributed by atoms with E-state index < -0.39 is 8.25 Å². The molecular formula is C8H10N4O3P+. The summed E-state index contributed by atoms with van der Waals surface area (Å²) in [5.74, 6) is 0. The maximum atomic E-state index is 10.4. The second kappa shape index (κ2) is 4.21. The van der Waals surface area contributed by atoms with Gasteiger partial charge in [-0.2, -0.15) is 5.10 Å². The van der Waals surface area contributed by atoms with Crippen LogP contribution >= 0.6 is 8.25 Å². The molecule has 84 valence electrons. The van der Waals surface area contributed by atoms with Gasteiger partial charge in [-0.15, -0.1) is 4.52 Å². The lowest BCUT2D eigenvalue weighted by atomic mass is 10.2. The van der Waals surface area contributed by atoms with E-state index in [1.54, 1.807) is 35.9 Å². The molecular weight excluding hydrogens is 231 g/mol. The Morgan fingerprint density at radius 1 is 1.69 bits per heavy atom. The first-order chi connectivity index (χ1) is 7.58. The Morgan fingerprint density at radius 2 is 2.44 bits per heavy atom.